The lowest BCUT2D eigenvalue weighted by Crippen LogP contribution is -1.99. The van der Waals surface area contributed by atoms with Crippen molar-refractivity contribution < 1.29 is 15.0 Å². The van der Waals surface area contributed by atoms with Gasteiger partial charge in [0.15, 0.2) is 0 Å². The fourth-order valence-electron chi connectivity index (χ4n) is 1.93. The summed E-state index contributed by atoms with van der Waals surface area (Å²) in [6, 6.07) is 0. The smallest absolute Gasteiger partial charge is 0.305 e. The van der Waals surface area contributed by atoms with Gasteiger partial charge in [0.25, 0.3) is 0 Å². The van der Waals surface area contributed by atoms with E-state index in [2.05, 4.69) is 11.7 Å². The summed E-state index contributed by atoms with van der Waals surface area (Å²) < 4.78 is 36.7. The van der Waals surface area contributed by atoms with Crippen LogP contribution in [-0.2, 0) is 9.53 Å². The van der Waals surface area contributed by atoms with E-state index in [1.54, 1.807) is 0 Å². The van der Waals surface area contributed by atoms with E-state index in [1.807, 2.05) is 0 Å². The Labute approximate surface area is 125 Å². The standard InChI is InChI=1S/C17H34O2/c1-3-4-5-6-7-8-9-10-11-12-13-14-15-16-17(18)19-2/h3-16H2,1-2H3/i10D2,11D2. The monoisotopic (exact) mass is 274 g/mol. The van der Waals surface area contributed by atoms with E-state index in [-0.39, 0.29) is 18.8 Å². The lowest BCUT2D eigenvalue weighted by molar-refractivity contribution is -0.140. The van der Waals surface area contributed by atoms with Crippen LogP contribution < -0.4 is 0 Å². The van der Waals surface area contributed by atoms with Crippen molar-refractivity contribution in [2.24, 2.45) is 0 Å². The van der Waals surface area contributed by atoms with Crippen LogP contribution in [0.1, 0.15) is 102 Å². The molecule has 0 aliphatic heterocycles. The summed E-state index contributed by atoms with van der Waals surface area (Å²) in [6.45, 7) is 2.17. The number of rotatable bonds is 14. The molecule has 0 N–H and O–H groups in total. The van der Waals surface area contributed by atoms with Gasteiger partial charge in [-0.2, -0.15) is 0 Å². The molecule has 0 aromatic rings. The van der Waals surface area contributed by atoms with E-state index in [0.717, 1.165) is 25.7 Å². The average Bonchev–Trinajstić information content (AvgIpc) is 2.49. The number of esters is 1. The number of carbonyl (C=O) groups is 1. The van der Waals surface area contributed by atoms with Crippen molar-refractivity contribution in [3.05, 3.63) is 0 Å². The summed E-state index contributed by atoms with van der Waals surface area (Å²) in [7, 11) is 1.36. The van der Waals surface area contributed by atoms with Crippen LogP contribution in [-0.4, -0.2) is 13.1 Å². The minimum absolute atomic E-state index is 0.205. The average molecular weight is 274 g/mol. The Morgan fingerprint density at radius 1 is 0.842 bits per heavy atom. The Bertz CT molecular complexity index is 320. The van der Waals surface area contributed by atoms with Gasteiger partial charge in [-0.1, -0.05) is 83.9 Å². The highest BCUT2D eigenvalue weighted by Crippen LogP contribution is 2.12. The Hall–Kier alpha value is -0.530. The molecule has 114 valence electrons. The maximum absolute atomic E-state index is 11.0. The van der Waals surface area contributed by atoms with Crippen molar-refractivity contribution in [3.63, 3.8) is 0 Å². The summed E-state index contributed by atoms with van der Waals surface area (Å²) >= 11 is 0. The first-order valence-corrected chi connectivity index (χ1v) is 7.83. The molecule has 0 saturated carbocycles. The summed E-state index contributed by atoms with van der Waals surface area (Å²) in [5, 5.41) is 0. The molecule has 0 spiro atoms. The van der Waals surface area contributed by atoms with Crippen molar-refractivity contribution >= 4 is 5.97 Å². The maximum atomic E-state index is 11.0. The highest BCUT2D eigenvalue weighted by atomic mass is 16.5. The largest absolute Gasteiger partial charge is 0.469 e. The van der Waals surface area contributed by atoms with E-state index >= 15 is 0 Å². The second kappa shape index (κ2) is 15.5. The number of hydrogen-bond donors (Lipinski definition) is 0. The van der Waals surface area contributed by atoms with Gasteiger partial charge >= 0.3 is 5.97 Å². The topological polar surface area (TPSA) is 26.3 Å². The quantitative estimate of drug-likeness (QED) is 0.302. The van der Waals surface area contributed by atoms with Crippen molar-refractivity contribution in [1.82, 2.24) is 0 Å². The van der Waals surface area contributed by atoms with Crippen LogP contribution in [0.4, 0.5) is 0 Å². The highest BCUT2D eigenvalue weighted by Gasteiger charge is 1.99. The number of methoxy groups -OCH3 is 1. The summed E-state index contributed by atoms with van der Waals surface area (Å²) in [5.74, 6) is -0.244. The van der Waals surface area contributed by atoms with Gasteiger partial charge < -0.3 is 4.74 Å². The predicted molar refractivity (Wildman–Crippen MR) is 82.3 cm³/mol. The first-order chi connectivity index (χ1) is 10.8. The molecule has 19 heavy (non-hydrogen) atoms. The minimum Gasteiger partial charge on any atom is -0.469 e. The zero-order valence-corrected chi connectivity index (χ0v) is 12.8. The number of carbonyl (C=O) groups excluding carboxylic acids is 1. The molecule has 2 nitrogen and oxygen atoms in total. The molecule has 0 unspecified atom stereocenters. The maximum Gasteiger partial charge on any atom is 0.305 e. The van der Waals surface area contributed by atoms with Crippen molar-refractivity contribution in [2.75, 3.05) is 7.11 Å². The molecular formula is C17H34O2. The molecule has 0 radical (unpaired) electrons. The van der Waals surface area contributed by atoms with Crippen LogP contribution in [0.25, 0.3) is 0 Å². The summed E-state index contributed by atoms with van der Waals surface area (Å²) in [6.07, 6.45) is 5.70. The lowest BCUT2D eigenvalue weighted by atomic mass is 10.0. The van der Waals surface area contributed by atoms with Gasteiger partial charge in [0, 0.05) is 11.9 Å². The third-order valence-corrected chi connectivity index (χ3v) is 3.19. The Kier molecular flexibility index (Phi) is 9.99. The molecular weight excluding hydrogens is 236 g/mol. The zero-order chi connectivity index (χ0) is 17.8. The van der Waals surface area contributed by atoms with Crippen LogP contribution in [0, 0.1) is 0 Å². The van der Waals surface area contributed by atoms with Gasteiger partial charge in [-0.25, -0.2) is 0 Å². The normalized spacial score (nSPS) is 15.3. The van der Waals surface area contributed by atoms with Gasteiger partial charge in [0.05, 0.1) is 7.11 Å². The van der Waals surface area contributed by atoms with Gasteiger partial charge in [0.1, 0.15) is 0 Å². The second-order valence-electron chi connectivity index (χ2n) is 5.01. The Morgan fingerprint density at radius 3 is 1.84 bits per heavy atom. The highest BCUT2D eigenvalue weighted by molar-refractivity contribution is 5.68. The molecule has 0 saturated heterocycles. The van der Waals surface area contributed by atoms with Crippen molar-refractivity contribution in [3.8, 4) is 0 Å². The molecule has 0 aliphatic carbocycles. The van der Waals surface area contributed by atoms with E-state index < -0.39 is 12.7 Å². The SMILES string of the molecule is [2H]C([2H])(CCCCCCCC)C([2H])([2H])CCCCCC(=O)OC. The molecule has 2 heteroatoms. The molecule has 0 aliphatic rings. The summed E-state index contributed by atoms with van der Waals surface area (Å²) in [4.78, 5) is 11.0. The van der Waals surface area contributed by atoms with Gasteiger partial charge in [-0.05, 0) is 6.42 Å². The van der Waals surface area contributed by atoms with E-state index in [4.69, 9.17) is 5.48 Å². The molecule has 0 heterocycles. The van der Waals surface area contributed by atoms with Gasteiger partial charge in [-0.15, -0.1) is 0 Å². The first-order valence-electron chi connectivity index (χ1n) is 9.83. The molecule has 0 fully saturated rings. The summed E-state index contributed by atoms with van der Waals surface area (Å²) in [5.41, 5.74) is 0. The minimum atomic E-state index is -1.80. The van der Waals surface area contributed by atoms with Crippen LogP contribution >= 0.6 is 0 Å². The van der Waals surface area contributed by atoms with Crippen molar-refractivity contribution in [2.45, 2.75) is 96.7 Å². The van der Waals surface area contributed by atoms with Crippen LogP contribution in [0.2, 0.25) is 0 Å². The molecule has 0 rings (SSSR count). The van der Waals surface area contributed by atoms with Gasteiger partial charge in [0.2, 0.25) is 0 Å². The number of hydrogen-bond acceptors (Lipinski definition) is 2. The number of ether oxygens (including phenoxy) is 1. The third-order valence-electron chi connectivity index (χ3n) is 3.19. The van der Waals surface area contributed by atoms with Crippen LogP contribution in [0.3, 0.4) is 0 Å². The third kappa shape index (κ3) is 15.4. The zero-order valence-electron chi connectivity index (χ0n) is 16.8. The van der Waals surface area contributed by atoms with Gasteiger partial charge in [-0.3, -0.25) is 4.79 Å². The first kappa shape index (κ1) is 12.2. The molecule has 0 bridgehead atoms. The Balaban J connectivity index is 3.95. The van der Waals surface area contributed by atoms with Crippen molar-refractivity contribution in [1.29, 1.82) is 0 Å². The molecule has 0 atom stereocenters. The molecule has 0 aromatic heterocycles. The van der Waals surface area contributed by atoms with E-state index in [9.17, 15) is 4.79 Å². The van der Waals surface area contributed by atoms with E-state index in [1.165, 1.54) is 26.4 Å². The lowest BCUT2D eigenvalue weighted by Gasteiger charge is -2.03. The van der Waals surface area contributed by atoms with Crippen LogP contribution in [0.5, 0.6) is 0 Å². The predicted octanol–water partition coefficient (Wildman–Crippen LogP) is 5.64. The molecule has 0 aromatic carbocycles. The fraction of sp³-hybridized carbons (Fsp3) is 0.941. The van der Waals surface area contributed by atoms with Crippen LogP contribution in [0.15, 0.2) is 0 Å². The second-order valence-corrected chi connectivity index (χ2v) is 5.01. The Morgan fingerprint density at radius 2 is 1.32 bits per heavy atom. The molecule has 0 amide bonds. The fourth-order valence-corrected chi connectivity index (χ4v) is 1.93. The van der Waals surface area contributed by atoms with E-state index in [0.29, 0.717) is 19.3 Å². The number of unbranched alkanes of at least 4 members (excludes halogenated alkanes) is 7.